The number of hydrogen-bond donors (Lipinski definition) is 0. The second-order valence-electron chi connectivity index (χ2n) is 16.0. The van der Waals surface area contributed by atoms with Crippen LogP contribution in [0.1, 0.15) is 102 Å². The molecule has 9 rings (SSSR count). The fourth-order valence-electron chi connectivity index (χ4n) is 11.7. The zero-order chi connectivity index (χ0) is 29.7. The van der Waals surface area contributed by atoms with Gasteiger partial charge < -0.3 is 0 Å². The van der Waals surface area contributed by atoms with E-state index in [1.807, 2.05) is 0 Å². The van der Waals surface area contributed by atoms with Gasteiger partial charge >= 0.3 is 0 Å². The summed E-state index contributed by atoms with van der Waals surface area (Å²) in [6.45, 7) is 5.00. The molecular formula is C40H52N2P2. The highest BCUT2D eigenvalue weighted by Gasteiger charge is 2.55. The lowest BCUT2D eigenvalue weighted by molar-refractivity contribution is 0.0359. The Morgan fingerprint density at radius 2 is 1.07 bits per heavy atom. The van der Waals surface area contributed by atoms with E-state index in [0.29, 0.717) is 10.3 Å². The van der Waals surface area contributed by atoms with E-state index in [1.54, 1.807) is 11.1 Å². The summed E-state index contributed by atoms with van der Waals surface area (Å²) in [5.41, 5.74) is 6.09. The lowest BCUT2D eigenvalue weighted by Crippen LogP contribution is -2.50. The predicted molar refractivity (Wildman–Crippen MR) is 189 cm³/mol. The number of aromatic nitrogens is 2. The van der Waals surface area contributed by atoms with E-state index in [2.05, 4.69) is 86.9 Å². The first-order valence-electron chi connectivity index (χ1n) is 17.9. The van der Waals surface area contributed by atoms with Gasteiger partial charge in [0.05, 0.1) is 10.9 Å². The average Bonchev–Trinajstić information content (AvgIpc) is 3.02. The number of fused-ring (bicyclic) bond motifs is 2. The number of benzene rings is 1. The van der Waals surface area contributed by atoms with E-state index in [0.717, 1.165) is 35.5 Å². The van der Waals surface area contributed by atoms with Gasteiger partial charge in [-0.2, -0.15) is 0 Å². The number of hydrogen-bond acceptors (Lipinski definition) is 2. The molecule has 4 heteroatoms. The van der Waals surface area contributed by atoms with Crippen molar-refractivity contribution in [2.45, 2.75) is 114 Å². The number of nitrogens with zero attached hydrogens (tertiary/aromatic N) is 2. The summed E-state index contributed by atoms with van der Waals surface area (Å²) in [5, 5.41) is 0.934. The Kier molecular flexibility index (Phi) is 8.25. The highest BCUT2D eigenvalue weighted by Crippen LogP contribution is 2.70. The summed E-state index contributed by atoms with van der Waals surface area (Å²) in [5.74, 6) is 5.55. The normalized spacial score (nSPS) is 37.0. The van der Waals surface area contributed by atoms with Gasteiger partial charge in [-0.15, -0.1) is 0 Å². The molecular weight excluding hydrogens is 570 g/mol. The van der Waals surface area contributed by atoms with Crippen molar-refractivity contribution in [1.82, 2.24) is 9.97 Å². The van der Waals surface area contributed by atoms with Gasteiger partial charge in [-0.3, -0.25) is 9.97 Å². The summed E-state index contributed by atoms with van der Waals surface area (Å²) in [6, 6.07) is 23.2. The largest absolute Gasteiger partial charge is 0.257 e. The third-order valence-electron chi connectivity index (χ3n) is 12.8. The number of rotatable bonds is 9. The highest BCUT2D eigenvalue weighted by molar-refractivity contribution is 7.66. The maximum Gasteiger partial charge on any atom is 0.0639 e. The molecule has 2 aromatic heterocycles. The summed E-state index contributed by atoms with van der Waals surface area (Å²) >= 11 is 0. The van der Waals surface area contributed by atoms with Crippen LogP contribution in [0.3, 0.4) is 0 Å². The second-order valence-corrected chi connectivity index (χ2v) is 21.2. The van der Waals surface area contributed by atoms with Crippen LogP contribution in [0.15, 0.2) is 73.1 Å². The zero-order valence-electron chi connectivity index (χ0n) is 27.1. The Morgan fingerprint density at radius 1 is 0.591 bits per heavy atom. The molecule has 6 fully saturated rings. The third-order valence-corrected chi connectivity index (χ3v) is 19.2. The minimum atomic E-state index is -0.411. The first kappa shape index (κ1) is 29.8. The molecule has 0 aliphatic heterocycles. The molecule has 232 valence electrons. The van der Waals surface area contributed by atoms with Crippen molar-refractivity contribution in [3.63, 3.8) is 0 Å². The van der Waals surface area contributed by atoms with Crippen molar-refractivity contribution in [2.75, 3.05) is 0 Å². The van der Waals surface area contributed by atoms with Gasteiger partial charge in [-0.25, -0.2) is 0 Å². The van der Waals surface area contributed by atoms with Crippen LogP contribution in [-0.2, 0) is 12.3 Å². The van der Waals surface area contributed by atoms with E-state index in [-0.39, 0.29) is 7.92 Å². The monoisotopic (exact) mass is 622 g/mol. The van der Waals surface area contributed by atoms with Crippen molar-refractivity contribution in [1.29, 1.82) is 0 Å². The Labute approximate surface area is 269 Å². The van der Waals surface area contributed by atoms with Crippen molar-refractivity contribution in [3.8, 4) is 0 Å². The van der Waals surface area contributed by atoms with Gasteiger partial charge in [0.25, 0.3) is 0 Å². The van der Waals surface area contributed by atoms with E-state index in [1.165, 1.54) is 100 Å². The summed E-state index contributed by atoms with van der Waals surface area (Å²) in [4.78, 5) is 10.3. The van der Waals surface area contributed by atoms with E-state index in [9.17, 15) is 0 Å². The Hall–Kier alpha value is -1.62. The molecule has 1 aromatic carbocycles. The third kappa shape index (κ3) is 5.64. The van der Waals surface area contributed by atoms with E-state index >= 15 is 0 Å². The van der Waals surface area contributed by atoms with Gasteiger partial charge in [-0.1, -0.05) is 56.7 Å². The SMILES string of the molecule is CCC1CC2CC(C)CC(P(Cc3ccccc3CP(c3ccccn3)C34CC5CC(CC(C5)C3)C4)c3ccccn3)(C1)C2. The van der Waals surface area contributed by atoms with E-state index in [4.69, 9.17) is 9.97 Å². The predicted octanol–water partition coefficient (Wildman–Crippen LogP) is 10.1. The van der Waals surface area contributed by atoms with Gasteiger partial charge in [0.1, 0.15) is 0 Å². The van der Waals surface area contributed by atoms with Gasteiger partial charge in [0.2, 0.25) is 0 Å². The molecule has 44 heavy (non-hydrogen) atoms. The van der Waals surface area contributed by atoms with Crippen LogP contribution in [0.5, 0.6) is 0 Å². The molecule has 6 bridgehead atoms. The Bertz CT molecular complexity index is 1390. The first-order valence-corrected chi connectivity index (χ1v) is 21.0. The topological polar surface area (TPSA) is 25.8 Å². The summed E-state index contributed by atoms with van der Waals surface area (Å²) < 4.78 is 0. The number of pyridine rings is 2. The molecule has 0 N–H and O–H groups in total. The Balaban J connectivity index is 1.17. The lowest BCUT2D eigenvalue weighted by atomic mass is 9.56. The molecule has 6 saturated carbocycles. The van der Waals surface area contributed by atoms with Crippen molar-refractivity contribution >= 4 is 26.7 Å². The van der Waals surface area contributed by atoms with E-state index < -0.39 is 7.92 Å². The molecule has 0 spiro atoms. The maximum absolute atomic E-state index is 5.16. The van der Waals surface area contributed by atoms with Gasteiger partial charge in [0.15, 0.2) is 0 Å². The fourth-order valence-corrected chi connectivity index (χ4v) is 18.8. The fraction of sp³-hybridized carbons (Fsp3) is 0.600. The molecule has 0 amide bonds. The Morgan fingerprint density at radius 3 is 1.55 bits per heavy atom. The van der Waals surface area contributed by atoms with Crippen LogP contribution < -0.4 is 10.9 Å². The molecule has 6 unspecified atom stereocenters. The van der Waals surface area contributed by atoms with Crippen LogP contribution in [0, 0.1) is 35.5 Å². The van der Waals surface area contributed by atoms with Crippen molar-refractivity contribution in [3.05, 3.63) is 84.2 Å². The second kappa shape index (κ2) is 12.2. The summed E-state index contributed by atoms with van der Waals surface area (Å²) in [6.07, 6.45) is 24.0. The quantitative estimate of drug-likeness (QED) is 0.222. The molecule has 3 aromatic rings. The van der Waals surface area contributed by atoms with Gasteiger partial charge in [-0.05, 0) is 180 Å². The van der Waals surface area contributed by atoms with Crippen LogP contribution >= 0.6 is 15.8 Å². The highest BCUT2D eigenvalue weighted by atomic mass is 31.1. The summed E-state index contributed by atoms with van der Waals surface area (Å²) in [7, 11) is -0.776. The molecule has 0 saturated heterocycles. The maximum atomic E-state index is 5.16. The van der Waals surface area contributed by atoms with Gasteiger partial charge in [0, 0.05) is 12.4 Å². The lowest BCUT2D eigenvalue weighted by Gasteiger charge is -2.59. The van der Waals surface area contributed by atoms with Crippen molar-refractivity contribution < 1.29 is 0 Å². The van der Waals surface area contributed by atoms with Crippen molar-refractivity contribution in [2.24, 2.45) is 35.5 Å². The molecule has 2 heterocycles. The molecule has 6 aliphatic carbocycles. The van der Waals surface area contributed by atoms with Crippen LogP contribution in [0.25, 0.3) is 0 Å². The standard InChI is InChI=1S/C40H52N2P2/c1-3-30-17-31-16-29(2)21-39(22-30,23-31)43(37-12-6-8-14-41-37)27-35-10-4-5-11-36(35)28-44(38-13-7-9-15-42-38)40-24-32-18-33(25-40)20-34(19-32)26-40/h4-15,29-34H,3,16-28H2,1-2H3. The van der Waals surface area contributed by atoms with Crippen LogP contribution in [0.2, 0.25) is 0 Å². The molecule has 6 aliphatic rings. The minimum Gasteiger partial charge on any atom is -0.257 e. The van der Waals surface area contributed by atoms with Crippen LogP contribution in [0.4, 0.5) is 0 Å². The molecule has 6 atom stereocenters. The average molecular weight is 623 g/mol. The van der Waals surface area contributed by atoms with Crippen LogP contribution in [-0.4, -0.2) is 20.3 Å². The smallest absolute Gasteiger partial charge is 0.0639 e. The molecule has 0 radical (unpaired) electrons. The molecule has 2 nitrogen and oxygen atoms in total. The minimum absolute atomic E-state index is 0.365. The first-order chi connectivity index (χ1) is 21.5. The zero-order valence-corrected chi connectivity index (χ0v) is 28.9.